The van der Waals surface area contributed by atoms with Crippen molar-refractivity contribution in [3.05, 3.63) is 40.9 Å². The summed E-state index contributed by atoms with van der Waals surface area (Å²) in [5, 5.41) is 0.765. The van der Waals surface area contributed by atoms with Crippen LogP contribution in [-0.4, -0.2) is 50.7 Å². The lowest BCUT2D eigenvalue weighted by molar-refractivity contribution is -0.136. The minimum Gasteiger partial charge on any atom is -0.466 e. The molecule has 1 aromatic rings. The summed E-state index contributed by atoms with van der Waals surface area (Å²) in [7, 11) is 1.41. The largest absolute Gasteiger partial charge is 0.466 e. The Morgan fingerprint density at radius 1 is 1.24 bits per heavy atom. The number of benzene rings is 1. The third-order valence-corrected chi connectivity index (χ3v) is 3.98. The molecule has 0 aromatic heterocycles. The number of piperazine rings is 1. The highest BCUT2D eigenvalue weighted by atomic mass is 35.5. The van der Waals surface area contributed by atoms with Crippen LogP contribution in [0.3, 0.4) is 0 Å². The van der Waals surface area contributed by atoms with Gasteiger partial charge >= 0.3 is 5.97 Å². The molecule has 1 aromatic carbocycles. The fourth-order valence-corrected chi connectivity index (χ4v) is 2.48. The quantitative estimate of drug-likeness (QED) is 0.632. The van der Waals surface area contributed by atoms with Gasteiger partial charge in [0.2, 0.25) is 0 Å². The molecule has 114 valence electrons. The van der Waals surface area contributed by atoms with Gasteiger partial charge in [0.1, 0.15) is 0 Å². The fraction of sp³-hybridized carbons (Fsp3) is 0.438. The van der Waals surface area contributed by atoms with Gasteiger partial charge < -0.3 is 9.64 Å². The standard InChI is InChI=1S/C16H21ClN2O2/c1-13(16(20)21-2)7-8-18-9-11-19(12-10-18)15-5-3-14(17)4-6-15/h3-7H,8-12H2,1-2H3. The van der Waals surface area contributed by atoms with E-state index in [4.69, 9.17) is 16.3 Å². The highest BCUT2D eigenvalue weighted by Gasteiger charge is 2.16. The Balaban J connectivity index is 1.83. The molecule has 1 saturated heterocycles. The van der Waals surface area contributed by atoms with Crippen LogP contribution in [0.2, 0.25) is 5.02 Å². The maximum atomic E-state index is 11.3. The summed E-state index contributed by atoms with van der Waals surface area (Å²) in [5.41, 5.74) is 1.87. The average Bonchev–Trinajstić information content (AvgIpc) is 2.53. The first-order valence-electron chi connectivity index (χ1n) is 7.08. The third kappa shape index (κ3) is 4.48. The summed E-state index contributed by atoms with van der Waals surface area (Å²) in [6.07, 6.45) is 1.93. The number of esters is 1. The summed E-state index contributed by atoms with van der Waals surface area (Å²) < 4.78 is 4.69. The van der Waals surface area contributed by atoms with E-state index in [1.165, 1.54) is 12.8 Å². The number of hydrogen-bond donors (Lipinski definition) is 0. The number of rotatable bonds is 4. The van der Waals surface area contributed by atoms with Crippen LogP contribution in [0, 0.1) is 0 Å². The molecule has 0 radical (unpaired) electrons. The molecule has 21 heavy (non-hydrogen) atoms. The van der Waals surface area contributed by atoms with E-state index in [1.807, 2.05) is 18.2 Å². The molecular weight excluding hydrogens is 288 g/mol. The smallest absolute Gasteiger partial charge is 0.333 e. The Morgan fingerprint density at radius 2 is 1.86 bits per heavy atom. The molecule has 1 fully saturated rings. The van der Waals surface area contributed by atoms with E-state index in [9.17, 15) is 4.79 Å². The summed E-state index contributed by atoms with van der Waals surface area (Å²) in [5.74, 6) is -0.255. The van der Waals surface area contributed by atoms with E-state index in [-0.39, 0.29) is 5.97 Å². The van der Waals surface area contributed by atoms with E-state index in [2.05, 4.69) is 21.9 Å². The molecule has 1 aliphatic rings. The molecular formula is C16H21ClN2O2. The van der Waals surface area contributed by atoms with Gasteiger partial charge in [0.25, 0.3) is 0 Å². The highest BCUT2D eigenvalue weighted by molar-refractivity contribution is 6.30. The van der Waals surface area contributed by atoms with Crippen molar-refractivity contribution in [3.63, 3.8) is 0 Å². The molecule has 1 heterocycles. The van der Waals surface area contributed by atoms with Crippen LogP contribution < -0.4 is 4.90 Å². The summed E-state index contributed by atoms with van der Waals surface area (Å²) in [6, 6.07) is 7.95. The van der Waals surface area contributed by atoms with Crippen LogP contribution in [-0.2, 0) is 9.53 Å². The number of methoxy groups -OCH3 is 1. The van der Waals surface area contributed by atoms with Crippen LogP contribution >= 0.6 is 11.6 Å². The van der Waals surface area contributed by atoms with E-state index < -0.39 is 0 Å². The summed E-state index contributed by atoms with van der Waals surface area (Å²) in [6.45, 7) is 6.49. The van der Waals surface area contributed by atoms with Gasteiger partial charge in [-0.2, -0.15) is 0 Å². The second-order valence-corrected chi connectivity index (χ2v) is 5.58. The lowest BCUT2D eigenvalue weighted by Gasteiger charge is -2.35. The zero-order chi connectivity index (χ0) is 15.2. The van der Waals surface area contributed by atoms with E-state index in [1.54, 1.807) is 6.92 Å². The maximum Gasteiger partial charge on any atom is 0.333 e. The van der Waals surface area contributed by atoms with E-state index >= 15 is 0 Å². The average molecular weight is 309 g/mol. The van der Waals surface area contributed by atoms with Gasteiger partial charge in [0, 0.05) is 49.0 Å². The number of anilines is 1. The first-order valence-corrected chi connectivity index (χ1v) is 7.46. The Kier molecular flexibility index (Phi) is 5.65. The number of halogens is 1. The fourth-order valence-electron chi connectivity index (χ4n) is 2.35. The molecule has 1 aliphatic heterocycles. The van der Waals surface area contributed by atoms with Crippen molar-refractivity contribution in [2.24, 2.45) is 0 Å². The van der Waals surface area contributed by atoms with Crippen molar-refractivity contribution in [1.82, 2.24) is 4.90 Å². The zero-order valence-electron chi connectivity index (χ0n) is 12.5. The normalized spacial score (nSPS) is 16.9. The third-order valence-electron chi connectivity index (χ3n) is 3.73. The maximum absolute atomic E-state index is 11.3. The minimum absolute atomic E-state index is 0.255. The van der Waals surface area contributed by atoms with Crippen molar-refractivity contribution in [3.8, 4) is 0 Å². The number of ether oxygens (including phenoxy) is 1. The number of carbonyl (C=O) groups is 1. The van der Waals surface area contributed by atoms with Crippen molar-refractivity contribution < 1.29 is 9.53 Å². The van der Waals surface area contributed by atoms with Crippen LogP contribution in [0.25, 0.3) is 0 Å². The molecule has 0 spiro atoms. The molecule has 0 bridgehead atoms. The van der Waals surface area contributed by atoms with Crippen molar-refractivity contribution in [2.75, 3.05) is 44.7 Å². The number of hydrogen-bond acceptors (Lipinski definition) is 4. The van der Waals surface area contributed by atoms with Crippen molar-refractivity contribution in [2.45, 2.75) is 6.92 Å². The second kappa shape index (κ2) is 7.48. The molecule has 0 unspecified atom stereocenters. The van der Waals surface area contributed by atoms with Crippen LogP contribution in [0.15, 0.2) is 35.9 Å². The Hall–Kier alpha value is -1.52. The van der Waals surface area contributed by atoms with Crippen LogP contribution in [0.4, 0.5) is 5.69 Å². The Labute approximate surface area is 130 Å². The summed E-state index contributed by atoms with van der Waals surface area (Å²) in [4.78, 5) is 16.0. The topological polar surface area (TPSA) is 32.8 Å². The first kappa shape index (κ1) is 15.9. The van der Waals surface area contributed by atoms with Gasteiger partial charge in [-0.15, -0.1) is 0 Å². The van der Waals surface area contributed by atoms with Gasteiger partial charge in [-0.3, -0.25) is 4.90 Å². The van der Waals surface area contributed by atoms with Crippen LogP contribution in [0.5, 0.6) is 0 Å². The highest BCUT2D eigenvalue weighted by Crippen LogP contribution is 2.19. The molecule has 0 aliphatic carbocycles. The molecule has 2 rings (SSSR count). The van der Waals surface area contributed by atoms with Crippen molar-refractivity contribution >= 4 is 23.3 Å². The lowest BCUT2D eigenvalue weighted by Crippen LogP contribution is -2.46. The minimum atomic E-state index is -0.255. The molecule has 0 N–H and O–H groups in total. The Bertz CT molecular complexity index is 506. The van der Waals surface area contributed by atoms with Gasteiger partial charge in [-0.05, 0) is 31.2 Å². The molecule has 0 saturated carbocycles. The first-order chi connectivity index (χ1) is 10.1. The number of carbonyl (C=O) groups excluding carboxylic acids is 1. The monoisotopic (exact) mass is 308 g/mol. The van der Waals surface area contributed by atoms with Gasteiger partial charge in [-0.1, -0.05) is 17.7 Å². The molecule has 4 nitrogen and oxygen atoms in total. The van der Waals surface area contributed by atoms with Crippen molar-refractivity contribution in [1.29, 1.82) is 0 Å². The van der Waals surface area contributed by atoms with Gasteiger partial charge in [0.05, 0.1) is 7.11 Å². The molecule has 0 atom stereocenters. The SMILES string of the molecule is COC(=O)C(C)=CCN1CCN(c2ccc(Cl)cc2)CC1. The van der Waals surface area contributed by atoms with Gasteiger partial charge in [-0.25, -0.2) is 4.79 Å². The predicted octanol–water partition coefficient (Wildman–Crippen LogP) is 2.58. The molecule has 0 amide bonds. The van der Waals surface area contributed by atoms with E-state index in [0.717, 1.165) is 37.7 Å². The van der Waals surface area contributed by atoms with E-state index in [0.29, 0.717) is 5.57 Å². The Morgan fingerprint density at radius 3 is 2.43 bits per heavy atom. The van der Waals surface area contributed by atoms with Crippen LogP contribution in [0.1, 0.15) is 6.92 Å². The van der Waals surface area contributed by atoms with Gasteiger partial charge in [0.15, 0.2) is 0 Å². The molecule has 5 heteroatoms. The zero-order valence-corrected chi connectivity index (χ0v) is 13.3. The lowest BCUT2D eigenvalue weighted by atomic mass is 10.2. The number of nitrogens with zero attached hydrogens (tertiary/aromatic N) is 2. The second-order valence-electron chi connectivity index (χ2n) is 5.14. The predicted molar refractivity (Wildman–Crippen MR) is 85.9 cm³/mol. The summed E-state index contributed by atoms with van der Waals surface area (Å²) >= 11 is 5.91.